The number of hydrogen-bond donors (Lipinski definition) is 1. The number of hydrogen-bond acceptors (Lipinski definition) is 5. The Labute approximate surface area is 124 Å². The van der Waals surface area contributed by atoms with Crippen molar-refractivity contribution in [1.29, 1.82) is 0 Å². The molecule has 20 heavy (non-hydrogen) atoms. The zero-order valence-electron chi connectivity index (χ0n) is 12.7. The van der Waals surface area contributed by atoms with Crippen molar-refractivity contribution < 1.29 is 4.74 Å². The van der Waals surface area contributed by atoms with Gasteiger partial charge in [-0.25, -0.2) is 4.98 Å². The van der Waals surface area contributed by atoms with Crippen molar-refractivity contribution in [3.05, 3.63) is 17.3 Å². The zero-order valence-corrected chi connectivity index (χ0v) is 13.5. The van der Waals surface area contributed by atoms with E-state index in [1.165, 1.54) is 5.69 Å². The fourth-order valence-corrected chi connectivity index (χ4v) is 2.79. The lowest BCUT2D eigenvalue weighted by molar-refractivity contribution is 0.0845. The quantitative estimate of drug-likeness (QED) is 0.812. The minimum absolute atomic E-state index is 0.273. The van der Waals surface area contributed by atoms with E-state index in [0.717, 1.165) is 37.0 Å². The average Bonchev–Trinajstić information content (AvgIpc) is 2.96. The van der Waals surface area contributed by atoms with Crippen LogP contribution in [0.25, 0.3) is 4.96 Å². The molecule has 1 N–H and O–H groups in total. The Morgan fingerprint density at radius 2 is 2.30 bits per heavy atom. The van der Waals surface area contributed by atoms with Crippen LogP contribution in [0, 0.1) is 0 Å². The Balaban J connectivity index is 2.12. The molecule has 0 aromatic carbocycles. The maximum absolute atomic E-state index is 5.62. The molecule has 0 bridgehead atoms. The molecule has 0 aliphatic heterocycles. The number of anilines is 1. The molecule has 0 radical (unpaired) electrons. The highest BCUT2D eigenvalue weighted by molar-refractivity contribution is 7.15. The lowest BCUT2D eigenvalue weighted by atomic mass is 10.3. The van der Waals surface area contributed by atoms with Crippen LogP contribution in [-0.2, 0) is 11.3 Å². The van der Waals surface area contributed by atoms with E-state index in [0.29, 0.717) is 0 Å². The molecule has 0 saturated carbocycles. The normalized spacial score (nSPS) is 11.7. The summed E-state index contributed by atoms with van der Waals surface area (Å²) in [6, 6.07) is 0. The largest absolute Gasteiger partial charge is 0.377 e. The number of thiazole rings is 1. The van der Waals surface area contributed by atoms with Crippen molar-refractivity contribution in [3.63, 3.8) is 0 Å². The van der Waals surface area contributed by atoms with Gasteiger partial charge in [-0.2, -0.15) is 0 Å². The first-order valence-corrected chi connectivity index (χ1v) is 7.99. The lowest BCUT2D eigenvalue weighted by Gasteiger charge is -2.19. The first-order chi connectivity index (χ1) is 9.63. The number of aromatic nitrogens is 2. The monoisotopic (exact) mass is 296 g/mol. The van der Waals surface area contributed by atoms with Crippen LogP contribution in [0.1, 0.15) is 26.5 Å². The van der Waals surface area contributed by atoms with Gasteiger partial charge in [0, 0.05) is 31.7 Å². The Kier molecular flexibility index (Phi) is 5.39. The molecule has 6 heteroatoms. The number of likely N-dealkylation sites (N-methyl/N-ethyl adjacent to an activating group) is 1. The van der Waals surface area contributed by atoms with Gasteiger partial charge in [-0.3, -0.25) is 4.40 Å². The Morgan fingerprint density at radius 1 is 1.50 bits per heavy atom. The molecule has 5 nitrogen and oxygen atoms in total. The van der Waals surface area contributed by atoms with Gasteiger partial charge in [0.1, 0.15) is 0 Å². The molecule has 2 aromatic rings. The van der Waals surface area contributed by atoms with Gasteiger partial charge in [0.15, 0.2) is 10.8 Å². The van der Waals surface area contributed by atoms with E-state index < -0.39 is 0 Å². The second kappa shape index (κ2) is 7.06. The summed E-state index contributed by atoms with van der Waals surface area (Å²) in [4.78, 5) is 7.96. The van der Waals surface area contributed by atoms with E-state index in [1.807, 2.05) is 0 Å². The van der Waals surface area contributed by atoms with Crippen LogP contribution in [0.4, 0.5) is 5.82 Å². The zero-order chi connectivity index (χ0) is 14.5. The van der Waals surface area contributed by atoms with Crippen LogP contribution in [0.15, 0.2) is 11.6 Å². The molecule has 0 amide bonds. The summed E-state index contributed by atoms with van der Waals surface area (Å²) in [7, 11) is 2.07. The minimum Gasteiger partial charge on any atom is -0.377 e. The van der Waals surface area contributed by atoms with Gasteiger partial charge in [-0.05, 0) is 20.4 Å². The van der Waals surface area contributed by atoms with E-state index in [9.17, 15) is 0 Å². The fraction of sp³-hybridized carbons (Fsp3) is 0.643. The van der Waals surface area contributed by atoms with Gasteiger partial charge in [-0.15, -0.1) is 11.3 Å². The van der Waals surface area contributed by atoms with Gasteiger partial charge in [0.25, 0.3) is 0 Å². The third-order valence-corrected chi connectivity index (χ3v) is 3.88. The molecule has 0 unspecified atom stereocenters. The topological polar surface area (TPSA) is 41.8 Å². The SMILES string of the molecule is CCNCc1c(N(C)CCOC(C)C)nc2sccn12. The maximum atomic E-state index is 5.62. The van der Waals surface area contributed by atoms with Crippen molar-refractivity contribution in [2.75, 3.05) is 31.6 Å². The molecule has 2 heterocycles. The summed E-state index contributed by atoms with van der Waals surface area (Å²) in [5, 5.41) is 5.46. The number of rotatable bonds is 8. The van der Waals surface area contributed by atoms with E-state index in [2.05, 4.69) is 54.0 Å². The molecule has 2 rings (SSSR count). The summed E-state index contributed by atoms with van der Waals surface area (Å²) in [5.74, 6) is 1.05. The first kappa shape index (κ1) is 15.3. The van der Waals surface area contributed by atoms with Crippen LogP contribution in [-0.4, -0.2) is 42.2 Å². The molecule has 0 spiro atoms. The highest BCUT2D eigenvalue weighted by atomic mass is 32.1. The minimum atomic E-state index is 0.273. The molecular weight excluding hydrogens is 272 g/mol. The molecule has 0 fully saturated rings. The first-order valence-electron chi connectivity index (χ1n) is 7.11. The van der Waals surface area contributed by atoms with E-state index >= 15 is 0 Å². The predicted molar refractivity (Wildman–Crippen MR) is 84.8 cm³/mol. The van der Waals surface area contributed by atoms with Crippen molar-refractivity contribution >= 4 is 22.1 Å². The molecule has 0 aliphatic rings. The van der Waals surface area contributed by atoms with Gasteiger partial charge in [-0.1, -0.05) is 6.92 Å². The van der Waals surface area contributed by atoms with Crippen molar-refractivity contribution in [2.24, 2.45) is 0 Å². The van der Waals surface area contributed by atoms with Crippen LogP contribution in [0.2, 0.25) is 0 Å². The Morgan fingerprint density at radius 3 is 3.00 bits per heavy atom. The number of ether oxygens (including phenoxy) is 1. The number of nitrogens with one attached hydrogen (secondary N) is 1. The summed E-state index contributed by atoms with van der Waals surface area (Å²) < 4.78 is 7.79. The number of fused-ring (bicyclic) bond motifs is 1. The van der Waals surface area contributed by atoms with Gasteiger partial charge in [0.2, 0.25) is 0 Å². The summed E-state index contributed by atoms with van der Waals surface area (Å²) in [6.45, 7) is 9.59. The molecular formula is C14H24N4OS. The molecule has 2 aromatic heterocycles. The Hall–Kier alpha value is -1.11. The van der Waals surface area contributed by atoms with Crippen LogP contribution < -0.4 is 10.2 Å². The Bertz CT molecular complexity index is 534. The summed E-state index contributed by atoms with van der Waals surface area (Å²) in [6.07, 6.45) is 2.36. The molecule has 0 atom stereocenters. The van der Waals surface area contributed by atoms with Crippen LogP contribution in [0.5, 0.6) is 0 Å². The van der Waals surface area contributed by atoms with E-state index in [-0.39, 0.29) is 6.10 Å². The lowest BCUT2D eigenvalue weighted by Crippen LogP contribution is -2.26. The second-order valence-corrected chi connectivity index (χ2v) is 5.93. The van der Waals surface area contributed by atoms with Crippen LogP contribution in [0.3, 0.4) is 0 Å². The van der Waals surface area contributed by atoms with Gasteiger partial charge < -0.3 is 15.0 Å². The maximum Gasteiger partial charge on any atom is 0.195 e. The summed E-state index contributed by atoms with van der Waals surface area (Å²) in [5.41, 5.74) is 1.22. The number of nitrogens with zero attached hydrogens (tertiary/aromatic N) is 3. The van der Waals surface area contributed by atoms with Crippen LogP contribution >= 0.6 is 11.3 Å². The molecule has 0 saturated heterocycles. The molecule has 0 aliphatic carbocycles. The van der Waals surface area contributed by atoms with E-state index in [1.54, 1.807) is 11.3 Å². The fourth-order valence-electron chi connectivity index (χ4n) is 2.07. The average molecular weight is 296 g/mol. The smallest absolute Gasteiger partial charge is 0.195 e. The van der Waals surface area contributed by atoms with Gasteiger partial charge in [0.05, 0.1) is 18.4 Å². The van der Waals surface area contributed by atoms with Crippen molar-refractivity contribution in [1.82, 2.24) is 14.7 Å². The van der Waals surface area contributed by atoms with Crippen molar-refractivity contribution in [3.8, 4) is 0 Å². The summed E-state index contributed by atoms with van der Waals surface area (Å²) >= 11 is 1.67. The number of imidazole rings is 1. The highest BCUT2D eigenvalue weighted by Crippen LogP contribution is 2.23. The van der Waals surface area contributed by atoms with Crippen molar-refractivity contribution in [2.45, 2.75) is 33.4 Å². The predicted octanol–water partition coefficient (Wildman–Crippen LogP) is 2.37. The third-order valence-electron chi connectivity index (χ3n) is 3.12. The van der Waals surface area contributed by atoms with E-state index in [4.69, 9.17) is 9.72 Å². The second-order valence-electron chi connectivity index (χ2n) is 5.06. The third kappa shape index (κ3) is 3.50. The standard InChI is InChI=1S/C14H24N4OS/c1-5-15-10-12-13(16-14-18(12)7-9-20-14)17(4)6-8-19-11(2)3/h7,9,11,15H,5-6,8,10H2,1-4H3. The highest BCUT2D eigenvalue weighted by Gasteiger charge is 2.16. The molecule has 112 valence electrons. The van der Waals surface area contributed by atoms with Gasteiger partial charge >= 0.3 is 0 Å².